The summed E-state index contributed by atoms with van der Waals surface area (Å²) in [7, 11) is 0. The predicted molar refractivity (Wildman–Crippen MR) is 130 cm³/mol. The maximum absolute atomic E-state index is 12.5. The third kappa shape index (κ3) is 4.18. The van der Waals surface area contributed by atoms with Gasteiger partial charge in [-0.3, -0.25) is 14.3 Å². The van der Waals surface area contributed by atoms with E-state index in [9.17, 15) is 9.90 Å². The van der Waals surface area contributed by atoms with Gasteiger partial charge < -0.3 is 5.11 Å². The molecule has 33 heavy (non-hydrogen) atoms. The summed E-state index contributed by atoms with van der Waals surface area (Å²) in [6.07, 6.45) is 3.57. The summed E-state index contributed by atoms with van der Waals surface area (Å²) in [5.41, 5.74) is 2.23. The molecule has 0 spiro atoms. The van der Waals surface area contributed by atoms with Crippen LogP contribution in [0.4, 0.5) is 5.69 Å². The second-order valence-electron chi connectivity index (χ2n) is 10.7. The number of para-hydroxylation sites is 1. The summed E-state index contributed by atoms with van der Waals surface area (Å²) < 4.78 is 1.90. The van der Waals surface area contributed by atoms with Crippen LogP contribution in [0.3, 0.4) is 0 Å². The van der Waals surface area contributed by atoms with Gasteiger partial charge in [0.15, 0.2) is 5.69 Å². The summed E-state index contributed by atoms with van der Waals surface area (Å²) in [6.45, 7) is 8.71. The lowest BCUT2D eigenvalue weighted by Crippen LogP contribution is -2.35. The summed E-state index contributed by atoms with van der Waals surface area (Å²) >= 11 is 5.90. The molecule has 2 fully saturated rings. The van der Waals surface area contributed by atoms with Gasteiger partial charge in [0.25, 0.3) is 5.91 Å². The minimum atomic E-state index is -0.480. The van der Waals surface area contributed by atoms with E-state index >= 15 is 0 Å². The molecule has 1 saturated carbocycles. The molecule has 2 aromatic carbocycles. The molecule has 172 valence electrons. The molecule has 2 aliphatic rings. The van der Waals surface area contributed by atoms with Crippen LogP contribution in [0.2, 0.25) is 5.02 Å². The van der Waals surface area contributed by atoms with Crippen molar-refractivity contribution in [3.63, 3.8) is 0 Å². The molecule has 3 aromatic rings. The Bertz CT molecular complexity index is 1250. The number of nitrogens with zero attached hydrogens (tertiary/aromatic N) is 4. The quantitative estimate of drug-likeness (QED) is 0.432. The van der Waals surface area contributed by atoms with Crippen molar-refractivity contribution in [3.8, 4) is 5.88 Å². The van der Waals surface area contributed by atoms with Gasteiger partial charge in [0.2, 0.25) is 5.88 Å². The van der Waals surface area contributed by atoms with E-state index in [-0.39, 0.29) is 5.88 Å². The molecule has 2 heterocycles. The van der Waals surface area contributed by atoms with Gasteiger partial charge in [0, 0.05) is 28.6 Å². The zero-order valence-corrected chi connectivity index (χ0v) is 20.0. The third-order valence-electron chi connectivity index (χ3n) is 7.10. The Hall–Kier alpha value is -2.70. The first-order chi connectivity index (χ1) is 15.6. The minimum Gasteiger partial charge on any atom is -0.493 e. The van der Waals surface area contributed by atoms with E-state index in [1.807, 2.05) is 28.8 Å². The molecule has 1 aliphatic heterocycles. The average Bonchev–Trinajstić information content (AvgIpc) is 3.15. The molecule has 2 atom stereocenters. The fourth-order valence-electron chi connectivity index (χ4n) is 6.18. The number of hydrogen-bond acceptors (Lipinski definition) is 4. The monoisotopic (exact) mass is 464 g/mol. The lowest BCUT2D eigenvalue weighted by Gasteiger charge is -2.40. The molecule has 0 unspecified atom stereocenters. The fraction of sp³-hybridized carbons (Fsp3) is 0.423. The van der Waals surface area contributed by atoms with Crippen molar-refractivity contribution in [1.82, 2.24) is 9.47 Å². The zero-order valence-electron chi connectivity index (χ0n) is 19.3. The molecule has 1 aliphatic carbocycles. The van der Waals surface area contributed by atoms with Gasteiger partial charge in [-0.2, -0.15) is 0 Å². The van der Waals surface area contributed by atoms with Crippen LogP contribution in [0.1, 0.15) is 50.4 Å². The molecule has 1 amide bonds. The van der Waals surface area contributed by atoms with Crippen LogP contribution in [0.25, 0.3) is 10.9 Å². The van der Waals surface area contributed by atoms with Crippen molar-refractivity contribution in [3.05, 3.63) is 59.1 Å². The van der Waals surface area contributed by atoms with Crippen LogP contribution >= 0.6 is 11.6 Å². The van der Waals surface area contributed by atoms with Crippen molar-refractivity contribution in [2.75, 3.05) is 6.54 Å². The van der Waals surface area contributed by atoms with Crippen LogP contribution in [0.15, 0.2) is 58.8 Å². The SMILES string of the molecule is CC1(C)C[C@@H]2C[C@@](C)(CN2Cn2c(O)c(N=NC(=O)c3ccc(Cl)cc3)c3ccccc32)C1. The van der Waals surface area contributed by atoms with E-state index in [1.165, 1.54) is 12.8 Å². The normalized spacial score (nSPS) is 24.7. The van der Waals surface area contributed by atoms with Crippen molar-refractivity contribution in [1.29, 1.82) is 0 Å². The van der Waals surface area contributed by atoms with Crippen molar-refractivity contribution in [2.45, 2.75) is 52.7 Å². The number of fused-ring (bicyclic) bond motifs is 3. The number of carbonyl (C=O) groups excluding carboxylic acids is 1. The highest BCUT2D eigenvalue weighted by atomic mass is 35.5. The number of aromatic hydroxyl groups is 1. The van der Waals surface area contributed by atoms with Crippen LogP contribution in [-0.2, 0) is 6.67 Å². The van der Waals surface area contributed by atoms with Crippen LogP contribution < -0.4 is 0 Å². The summed E-state index contributed by atoms with van der Waals surface area (Å²) in [5, 5.41) is 20.6. The highest BCUT2D eigenvalue weighted by molar-refractivity contribution is 6.30. The number of benzene rings is 2. The van der Waals surface area contributed by atoms with Gasteiger partial charge in [0.1, 0.15) is 0 Å². The molecular weight excluding hydrogens is 436 g/mol. The molecule has 5 rings (SSSR count). The first kappa shape index (κ1) is 22.1. The van der Waals surface area contributed by atoms with Gasteiger partial charge in [0.05, 0.1) is 12.2 Å². The van der Waals surface area contributed by atoms with Gasteiger partial charge in [-0.05, 0) is 60.4 Å². The van der Waals surface area contributed by atoms with Gasteiger partial charge in [-0.1, -0.05) is 50.6 Å². The lowest BCUT2D eigenvalue weighted by molar-refractivity contribution is 0.0995. The maximum atomic E-state index is 12.5. The molecule has 0 radical (unpaired) electrons. The standard InChI is InChI=1S/C26H29ClN4O2/c1-25(2)12-19-13-26(3,14-25)15-30(19)16-31-21-7-5-4-6-20(21)22(24(31)33)28-29-23(32)17-8-10-18(27)11-9-17/h4-11,19,33H,12-16H2,1-3H3/t19-,26-/m1/s1. The summed E-state index contributed by atoms with van der Waals surface area (Å²) in [5.74, 6) is -0.443. The Labute approximate surface area is 198 Å². The number of hydrogen-bond donors (Lipinski definition) is 1. The Balaban J connectivity index is 1.46. The fourth-order valence-corrected chi connectivity index (χ4v) is 6.31. The largest absolute Gasteiger partial charge is 0.493 e. The van der Waals surface area contributed by atoms with Crippen LogP contribution in [-0.4, -0.2) is 33.1 Å². The second-order valence-corrected chi connectivity index (χ2v) is 11.2. The van der Waals surface area contributed by atoms with E-state index in [4.69, 9.17) is 11.6 Å². The third-order valence-corrected chi connectivity index (χ3v) is 7.35. The average molecular weight is 465 g/mol. The Morgan fingerprint density at radius 2 is 1.85 bits per heavy atom. The number of azo groups is 1. The second kappa shape index (κ2) is 7.96. The highest BCUT2D eigenvalue weighted by Crippen LogP contribution is 2.53. The van der Waals surface area contributed by atoms with Crippen molar-refractivity contribution < 1.29 is 9.90 Å². The Morgan fingerprint density at radius 3 is 2.61 bits per heavy atom. The van der Waals surface area contributed by atoms with E-state index < -0.39 is 5.91 Å². The maximum Gasteiger partial charge on any atom is 0.295 e. The van der Waals surface area contributed by atoms with Gasteiger partial charge in [-0.15, -0.1) is 10.2 Å². The predicted octanol–water partition coefficient (Wildman–Crippen LogP) is 6.78. The van der Waals surface area contributed by atoms with E-state index in [1.54, 1.807) is 24.3 Å². The minimum absolute atomic E-state index is 0.0368. The molecule has 1 saturated heterocycles. The summed E-state index contributed by atoms with van der Waals surface area (Å²) in [6, 6.07) is 14.7. The van der Waals surface area contributed by atoms with Crippen molar-refractivity contribution >= 4 is 34.1 Å². The molecule has 1 aromatic heterocycles. The number of carbonyl (C=O) groups is 1. The first-order valence-electron chi connectivity index (χ1n) is 11.4. The van der Waals surface area contributed by atoms with Gasteiger partial charge >= 0.3 is 0 Å². The van der Waals surface area contributed by atoms with Gasteiger partial charge in [-0.25, -0.2) is 0 Å². The highest BCUT2D eigenvalue weighted by Gasteiger charge is 2.49. The number of aromatic nitrogens is 1. The van der Waals surface area contributed by atoms with Crippen LogP contribution in [0.5, 0.6) is 5.88 Å². The zero-order chi connectivity index (χ0) is 23.4. The van der Waals surface area contributed by atoms with E-state index in [0.29, 0.717) is 39.8 Å². The smallest absolute Gasteiger partial charge is 0.295 e. The molecule has 1 N–H and O–H groups in total. The Morgan fingerprint density at radius 1 is 1.12 bits per heavy atom. The molecule has 7 heteroatoms. The number of halogens is 1. The van der Waals surface area contributed by atoms with E-state index in [0.717, 1.165) is 23.9 Å². The number of amides is 1. The number of rotatable bonds is 4. The summed E-state index contributed by atoms with van der Waals surface area (Å²) in [4.78, 5) is 15.0. The Kier molecular flexibility index (Phi) is 5.33. The van der Waals surface area contributed by atoms with E-state index in [2.05, 4.69) is 35.9 Å². The first-order valence-corrected chi connectivity index (χ1v) is 11.8. The topological polar surface area (TPSA) is 70.2 Å². The van der Waals surface area contributed by atoms with Crippen LogP contribution in [0, 0.1) is 10.8 Å². The lowest BCUT2D eigenvalue weighted by atomic mass is 9.65. The molecule has 2 bridgehead atoms. The molecular formula is C26H29ClN4O2. The number of likely N-dealkylation sites (tertiary alicyclic amines) is 1. The van der Waals surface area contributed by atoms with Crippen molar-refractivity contribution in [2.24, 2.45) is 21.1 Å². The molecule has 6 nitrogen and oxygen atoms in total.